The van der Waals surface area contributed by atoms with Crippen LogP contribution < -0.4 is 26.1 Å². The van der Waals surface area contributed by atoms with Crippen molar-refractivity contribution in [1.82, 2.24) is 5.43 Å². The lowest BCUT2D eigenvalue weighted by Gasteiger charge is -2.15. The Kier molecular flexibility index (Phi) is 8.72. The highest BCUT2D eigenvalue weighted by Gasteiger charge is 2.08. The number of carbonyl (C=O) groups is 1. The highest BCUT2D eigenvalue weighted by atomic mass is 16.5. The van der Waals surface area contributed by atoms with Gasteiger partial charge in [-0.2, -0.15) is 0 Å². The number of nitrogens with one attached hydrogen (secondary N) is 2. The number of hydrazine groups is 1. The SMILES string of the molecule is CNc1cccc(C)c1COc1ccc(Oc2ccc(C)cc2)cc1C.NNC=O. The molecule has 0 aliphatic rings. The van der Waals surface area contributed by atoms with Crippen molar-refractivity contribution in [1.29, 1.82) is 0 Å². The predicted molar refractivity (Wildman–Crippen MR) is 121 cm³/mol. The van der Waals surface area contributed by atoms with Gasteiger partial charge in [0, 0.05) is 18.3 Å². The van der Waals surface area contributed by atoms with Crippen molar-refractivity contribution >= 4 is 12.1 Å². The molecule has 0 heterocycles. The van der Waals surface area contributed by atoms with Crippen molar-refractivity contribution in [3.8, 4) is 17.2 Å². The third-order valence-electron chi connectivity index (χ3n) is 4.52. The Morgan fingerprint density at radius 3 is 2.20 bits per heavy atom. The first-order valence-corrected chi connectivity index (χ1v) is 9.62. The molecule has 0 unspecified atom stereocenters. The van der Waals surface area contributed by atoms with E-state index in [1.807, 2.05) is 62.5 Å². The molecule has 0 spiro atoms. The minimum absolute atomic E-state index is 0.403. The molecule has 3 aromatic rings. The van der Waals surface area contributed by atoms with Crippen molar-refractivity contribution in [2.75, 3.05) is 12.4 Å². The maximum atomic E-state index is 8.94. The smallest absolute Gasteiger partial charge is 0.221 e. The number of aryl methyl sites for hydroxylation is 3. The number of nitrogens with two attached hydrogens (primary N) is 1. The van der Waals surface area contributed by atoms with E-state index in [1.54, 1.807) is 5.43 Å². The van der Waals surface area contributed by atoms with Gasteiger partial charge in [-0.3, -0.25) is 10.2 Å². The zero-order valence-electron chi connectivity index (χ0n) is 17.9. The molecule has 0 saturated carbocycles. The summed E-state index contributed by atoms with van der Waals surface area (Å²) in [6.45, 7) is 6.73. The van der Waals surface area contributed by atoms with Gasteiger partial charge in [-0.1, -0.05) is 29.8 Å². The van der Waals surface area contributed by atoms with Crippen LogP contribution in [0.4, 0.5) is 5.69 Å². The summed E-state index contributed by atoms with van der Waals surface area (Å²) in [6.07, 6.45) is 0.403. The third kappa shape index (κ3) is 6.53. The Hall–Kier alpha value is -3.51. The topological polar surface area (TPSA) is 85.6 Å². The lowest BCUT2D eigenvalue weighted by atomic mass is 10.1. The van der Waals surface area contributed by atoms with Crippen molar-refractivity contribution < 1.29 is 14.3 Å². The summed E-state index contributed by atoms with van der Waals surface area (Å²) in [7, 11) is 1.93. The first-order chi connectivity index (χ1) is 14.5. The average molecular weight is 408 g/mol. The molecule has 158 valence electrons. The second-order valence-corrected chi connectivity index (χ2v) is 6.77. The fraction of sp³-hybridized carbons (Fsp3) is 0.208. The van der Waals surface area contributed by atoms with Crippen molar-refractivity contribution in [3.05, 3.63) is 82.9 Å². The minimum atomic E-state index is 0.403. The number of carbonyl (C=O) groups excluding carboxylic acids is 1. The largest absolute Gasteiger partial charge is 0.489 e. The fourth-order valence-corrected chi connectivity index (χ4v) is 2.87. The zero-order valence-corrected chi connectivity index (χ0v) is 17.9. The Bertz CT molecular complexity index is 956. The molecule has 6 nitrogen and oxygen atoms in total. The summed E-state index contributed by atoms with van der Waals surface area (Å²) < 4.78 is 12.0. The summed E-state index contributed by atoms with van der Waals surface area (Å²) in [6, 6.07) is 20.2. The Morgan fingerprint density at radius 1 is 0.933 bits per heavy atom. The molecular formula is C24H29N3O3. The van der Waals surface area contributed by atoms with Gasteiger partial charge in [-0.15, -0.1) is 0 Å². The summed E-state index contributed by atoms with van der Waals surface area (Å²) >= 11 is 0. The van der Waals surface area contributed by atoms with E-state index in [0.29, 0.717) is 13.0 Å². The van der Waals surface area contributed by atoms with E-state index in [2.05, 4.69) is 37.1 Å². The number of hydrogen-bond acceptors (Lipinski definition) is 5. The molecule has 0 atom stereocenters. The van der Waals surface area contributed by atoms with Gasteiger partial charge in [0.25, 0.3) is 0 Å². The number of hydrogen-bond donors (Lipinski definition) is 3. The van der Waals surface area contributed by atoms with Crippen LogP contribution in [0.25, 0.3) is 0 Å². The number of amides is 1. The van der Waals surface area contributed by atoms with Gasteiger partial charge in [0.15, 0.2) is 0 Å². The number of rotatable bonds is 7. The van der Waals surface area contributed by atoms with Crippen LogP contribution >= 0.6 is 0 Å². The summed E-state index contributed by atoms with van der Waals surface area (Å²) in [5, 5.41) is 3.23. The van der Waals surface area contributed by atoms with Crippen molar-refractivity contribution in [3.63, 3.8) is 0 Å². The van der Waals surface area contributed by atoms with E-state index < -0.39 is 0 Å². The molecule has 0 bridgehead atoms. The zero-order chi connectivity index (χ0) is 21.9. The second-order valence-electron chi connectivity index (χ2n) is 6.77. The van der Waals surface area contributed by atoms with Gasteiger partial charge in [-0.05, 0) is 68.3 Å². The Morgan fingerprint density at radius 2 is 1.60 bits per heavy atom. The van der Waals surface area contributed by atoms with Crippen LogP contribution in [0.15, 0.2) is 60.7 Å². The van der Waals surface area contributed by atoms with E-state index in [1.165, 1.54) is 16.7 Å². The molecule has 30 heavy (non-hydrogen) atoms. The highest BCUT2D eigenvalue weighted by molar-refractivity contribution is 5.54. The van der Waals surface area contributed by atoms with E-state index in [-0.39, 0.29) is 0 Å². The fourth-order valence-electron chi connectivity index (χ4n) is 2.87. The van der Waals surface area contributed by atoms with E-state index >= 15 is 0 Å². The van der Waals surface area contributed by atoms with Crippen LogP contribution in [-0.2, 0) is 11.4 Å². The van der Waals surface area contributed by atoms with Crippen LogP contribution in [0.3, 0.4) is 0 Å². The van der Waals surface area contributed by atoms with E-state index in [0.717, 1.165) is 28.5 Å². The van der Waals surface area contributed by atoms with Crippen LogP contribution in [0.1, 0.15) is 22.3 Å². The average Bonchev–Trinajstić information content (AvgIpc) is 2.75. The normalized spacial score (nSPS) is 9.77. The van der Waals surface area contributed by atoms with Crippen LogP contribution in [0.2, 0.25) is 0 Å². The molecule has 0 aliphatic heterocycles. The van der Waals surface area contributed by atoms with Gasteiger partial charge in [-0.25, -0.2) is 5.84 Å². The molecule has 0 aromatic heterocycles. The standard InChI is InChI=1S/C23H25NO2.CH4N2O/c1-16-8-10-19(11-9-16)26-20-12-13-23(18(3)14-20)25-15-21-17(2)6-5-7-22(21)24-4;2-3-1-4/h5-14,24H,15H2,1-4H3;1H,2H2,(H,3,4). The van der Waals surface area contributed by atoms with Crippen LogP contribution in [-0.4, -0.2) is 13.5 Å². The third-order valence-corrected chi connectivity index (χ3v) is 4.52. The molecule has 0 saturated heterocycles. The van der Waals surface area contributed by atoms with Crippen molar-refractivity contribution in [2.24, 2.45) is 5.84 Å². The molecular weight excluding hydrogens is 378 g/mol. The van der Waals surface area contributed by atoms with E-state index in [9.17, 15) is 0 Å². The maximum absolute atomic E-state index is 8.94. The van der Waals surface area contributed by atoms with Gasteiger partial charge in [0.05, 0.1) is 0 Å². The monoisotopic (exact) mass is 407 g/mol. The Labute approximate surface area is 178 Å². The van der Waals surface area contributed by atoms with Crippen LogP contribution in [0.5, 0.6) is 17.2 Å². The molecule has 0 fully saturated rings. The first kappa shape index (κ1) is 22.8. The lowest BCUT2D eigenvalue weighted by molar-refractivity contribution is -0.109. The lowest BCUT2D eigenvalue weighted by Crippen LogP contribution is -2.18. The molecule has 0 radical (unpaired) electrons. The number of anilines is 1. The predicted octanol–water partition coefficient (Wildman–Crippen LogP) is 4.63. The number of ether oxygens (including phenoxy) is 2. The Balaban J connectivity index is 0.000000735. The van der Waals surface area contributed by atoms with Gasteiger partial charge >= 0.3 is 0 Å². The summed E-state index contributed by atoms with van der Waals surface area (Å²) in [4.78, 5) is 8.94. The molecule has 3 aromatic carbocycles. The maximum Gasteiger partial charge on any atom is 0.221 e. The van der Waals surface area contributed by atoms with Gasteiger partial charge in [0.1, 0.15) is 23.9 Å². The molecule has 1 amide bonds. The molecule has 4 N–H and O–H groups in total. The van der Waals surface area contributed by atoms with E-state index in [4.69, 9.17) is 14.3 Å². The molecule has 0 aliphatic carbocycles. The minimum Gasteiger partial charge on any atom is -0.489 e. The number of benzene rings is 3. The highest BCUT2D eigenvalue weighted by Crippen LogP contribution is 2.29. The molecule has 3 rings (SSSR count). The van der Waals surface area contributed by atoms with Crippen molar-refractivity contribution in [2.45, 2.75) is 27.4 Å². The first-order valence-electron chi connectivity index (χ1n) is 9.62. The van der Waals surface area contributed by atoms with Gasteiger partial charge < -0.3 is 14.8 Å². The van der Waals surface area contributed by atoms with Gasteiger partial charge in [0.2, 0.25) is 6.41 Å². The molecule has 6 heteroatoms. The summed E-state index contributed by atoms with van der Waals surface area (Å²) in [5.41, 5.74) is 7.51. The second kappa shape index (κ2) is 11.5. The summed E-state index contributed by atoms with van der Waals surface area (Å²) in [5.74, 6) is 6.92. The van der Waals surface area contributed by atoms with Crippen LogP contribution in [0, 0.1) is 20.8 Å². The quantitative estimate of drug-likeness (QED) is 0.230.